The van der Waals surface area contributed by atoms with Crippen molar-refractivity contribution in [3.63, 3.8) is 0 Å². The Bertz CT molecular complexity index is 1020. The molecule has 0 radical (unpaired) electrons. The summed E-state index contributed by atoms with van der Waals surface area (Å²) in [5.41, 5.74) is 1.93. The largest absolute Gasteiger partial charge is 0.493 e. The summed E-state index contributed by atoms with van der Waals surface area (Å²) >= 11 is 12.5. The fourth-order valence-corrected chi connectivity index (χ4v) is 3.25. The number of aryl methyl sites for hydroxylation is 1. The molecule has 0 fully saturated rings. The highest BCUT2D eigenvalue weighted by molar-refractivity contribution is 6.39. The number of pyridine rings is 1. The second-order valence-corrected chi connectivity index (χ2v) is 6.67. The van der Waals surface area contributed by atoms with Gasteiger partial charge in [-0.1, -0.05) is 29.3 Å². The van der Waals surface area contributed by atoms with Crippen molar-refractivity contribution in [2.24, 2.45) is 0 Å². The lowest BCUT2D eigenvalue weighted by Crippen LogP contribution is -2.12. The number of benzene rings is 2. The number of rotatable bonds is 5. The number of aromatic nitrogens is 1. The third-order valence-electron chi connectivity index (χ3n) is 3.99. The summed E-state index contributed by atoms with van der Waals surface area (Å²) in [5.74, 6) is 0.845. The minimum Gasteiger partial charge on any atom is -0.493 e. The molecule has 27 heavy (non-hydrogen) atoms. The van der Waals surface area contributed by atoms with Crippen LogP contribution < -0.4 is 14.2 Å². The smallest absolute Gasteiger partial charge is 0.315 e. The van der Waals surface area contributed by atoms with Crippen molar-refractivity contribution in [1.82, 2.24) is 4.98 Å². The Morgan fingerprint density at radius 1 is 1.00 bits per heavy atom. The summed E-state index contributed by atoms with van der Waals surface area (Å²) in [6, 6.07) is 10.4. The van der Waals surface area contributed by atoms with Gasteiger partial charge in [-0.05, 0) is 42.8 Å². The van der Waals surface area contributed by atoms with Gasteiger partial charge in [0.1, 0.15) is 5.52 Å². The van der Waals surface area contributed by atoms with Gasteiger partial charge in [0, 0.05) is 11.1 Å². The van der Waals surface area contributed by atoms with Crippen LogP contribution in [0.4, 0.5) is 0 Å². The molecule has 0 bridgehead atoms. The van der Waals surface area contributed by atoms with E-state index in [1.54, 1.807) is 31.4 Å². The first-order valence-corrected chi connectivity index (χ1v) is 8.85. The van der Waals surface area contributed by atoms with Gasteiger partial charge in [-0.25, -0.2) is 4.98 Å². The number of methoxy groups -OCH3 is 2. The third-order valence-corrected chi connectivity index (χ3v) is 4.58. The molecule has 1 aromatic heterocycles. The summed E-state index contributed by atoms with van der Waals surface area (Å²) in [6.45, 7) is 1.84. The number of fused-ring (bicyclic) bond motifs is 1. The van der Waals surface area contributed by atoms with Crippen LogP contribution in [0.3, 0.4) is 0 Å². The molecule has 0 amide bonds. The number of hydrogen-bond donors (Lipinski definition) is 0. The fraction of sp³-hybridized carbons (Fsp3) is 0.200. The Morgan fingerprint density at radius 2 is 1.74 bits per heavy atom. The second kappa shape index (κ2) is 8.03. The Balaban J connectivity index is 1.89. The Hall–Kier alpha value is -2.50. The summed E-state index contributed by atoms with van der Waals surface area (Å²) in [7, 11) is 3.09. The highest BCUT2D eigenvalue weighted by Gasteiger charge is 2.17. The van der Waals surface area contributed by atoms with Crippen molar-refractivity contribution in [2.45, 2.75) is 13.3 Å². The standard InChI is InChI=1S/C20H17Cl2NO4/c1-11-4-6-13-14(21)10-15(22)20(19(13)23-11)27-18(24)9-12-5-7-16(25-2)17(8-12)26-3/h4-8,10H,9H2,1-3H3. The molecule has 0 aliphatic carbocycles. The number of carbonyl (C=O) groups excluding carboxylic acids is 1. The molecule has 0 atom stereocenters. The molecule has 2 aromatic carbocycles. The molecule has 0 saturated heterocycles. The number of halogens is 2. The summed E-state index contributed by atoms with van der Waals surface area (Å²) < 4.78 is 16.0. The minimum atomic E-state index is -0.476. The van der Waals surface area contributed by atoms with Crippen molar-refractivity contribution in [2.75, 3.05) is 14.2 Å². The molecule has 0 saturated carbocycles. The van der Waals surface area contributed by atoms with Gasteiger partial charge in [0.15, 0.2) is 17.2 Å². The van der Waals surface area contributed by atoms with E-state index < -0.39 is 5.97 Å². The van der Waals surface area contributed by atoms with Gasteiger partial charge in [-0.3, -0.25) is 4.79 Å². The zero-order valence-corrected chi connectivity index (χ0v) is 16.5. The van der Waals surface area contributed by atoms with E-state index in [9.17, 15) is 4.79 Å². The maximum absolute atomic E-state index is 12.5. The van der Waals surface area contributed by atoms with Gasteiger partial charge < -0.3 is 14.2 Å². The van der Waals surface area contributed by atoms with Crippen molar-refractivity contribution in [3.8, 4) is 17.2 Å². The molecule has 3 rings (SSSR count). The van der Waals surface area contributed by atoms with Crippen molar-refractivity contribution < 1.29 is 19.0 Å². The van der Waals surface area contributed by atoms with E-state index in [1.165, 1.54) is 7.11 Å². The summed E-state index contributed by atoms with van der Waals surface area (Å²) in [6.07, 6.45) is 0.0343. The Morgan fingerprint density at radius 3 is 2.44 bits per heavy atom. The molecular weight excluding hydrogens is 389 g/mol. The van der Waals surface area contributed by atoms with E-state index in [-0.39, 0.29) is 17.2 Å². The van der Waals surface area contributed by atoms with Crippen LogP contribution >= 0.6 is 23.2 Å². The Labute approximate surface area is 166 Å². The van der Waals surface area contributed by atoms with Gasteiger partial charge >= 0.3 is 5.97 Å². The normalized spacial score (nSPS) is 10.7. The molecule has 140 valence electrons. The van der Waals surface area contributed by atoms with Crippen molar-refractivity contribution in [3.05, 3.63) is 57.7 Å². The van der Waals surface area contributed by atoms with E-state index in [2.05, 4.69) is 4.98 Å². The van der Waals surface area contributed by atoms with Gasteiger partial charge in [0.05, 0.1) is 30.7 Å². The highest BCUT2D eigenvalue weighted by Crippen LogP contribution is 2.37. The lowest BCUT2D eigenvalue weighted by molar-refractivity contribution is -0.133. The highest BCUT2D eigenvalue weighted by atomic mass is 35.5. The lowest BCUT2D eigenvalue weighted by atomic mass is 10.1. The first-order valence-electron chi connectivity index (χ1n) is 8.10. The second-order valence-electron chi connectivity index (χ2n) is 5.86. The topological polar surface area (TPSA) is 57.7 Å². The Kier molecular flexibility index (Phi) is 5.73. The molecule has 0 aliphatic rings. The molecule has 0 aliphatic heterocycles. The van der Waals surface area contributed by atoms with Gasteiger partial charge in [-0.15, -0.1) is 0 Å². The molecule has 0 unspecified atom stereocenters. The molecule has 0 spiro atoms. The molecule has 3 aromatic rings. The van der Waals surface area contributed by atoms with Crippen LogP contribution in [-0.4, -0.2) is 25.2 Å². The van der Waals surface area contributed by atoms with E-state index in [0.717, 1.165) is 11.3 Å². The average molecular weight is 406 g/mol. The van der Waals surface area contributed by atoms with Crippen LogP contribution in [0, 0.1) is 6.92 Å². The monoisotopic (exact) mass is 405 g/mol. The number of esters is 1. The van der Waals surface area contributed by atoms with Gasteiger partial charge in [-0.2, -0.15) is 0 Å². The zero-order valence-electron chi connectivity index (χ0n) is 15.0. The summed E-state index contributed by atoms with van der Waals surface area (Å²) in [5, 5.41) is 1.34. The maximum Gasteiger partial charge on any atom is 0.315 e. The fourth-order valence-electron chi connectivity index (χ4n) is 2.69. The third kappa shape index (κ3) is 4.10. The number of ether oxygens (including phenoxy) is 3. The van der Waals surface area contributed by atoms with Crippen LogP contribution in [-0.2, 0) is 11.2 Å². The van der Waals surface area contributed by atoms with Crippen LogP contribution in [0.5, 0.6) is 17.2 Å². The first-order chi connectivity index (χ1) is 12.9. The maximum atomic E-state index is 12.5. The quantitative estimate of drug-likeness (QED) is 0.440. The number of hydrogen-bond acceptors (Lipinski definition) is 5. The predicted molar refractivity (Wildman–Crippen MR) is 105 cm³/mol. The number of carbonyl (C=O) groups is 1. The SMILES string of the molecule is COc1ccc(CC(=O)Oc2c(Cl)cc(Cl)c3ccc(C)nc23)cc1OC. The average Bonchev–Trinajstić information content (AvgIpc) is 2.64. The van der Waals surface area contributed by atoms with Crippen molar-refractivity contribution in [1.29, 1.82) is 0 Å². The first kappa shape index (κ1) is 19.3. The lowest BCUT2D eigenvalue weighted by Gasteiger charge is -2.12. The minimum absolute atomic E-state index is 0.0343. The molecule has 5 nitrogen and oxygen atoms in total. The predicted octanol–water partition coefficient (Wildman–Crippen LogP) is 5.02. The van der Waals surface area contributed by atoms with Gasteiger partial charge in [0.25, 0.3) is 0 Å². The molecule has 7 heteroatoms. The molecular formula is C20H17Cl2NO4. The van der Waals surface area contributed by atoms with Crippen LogP contribution in [0.15, 0.2) is 36.4 Å². The molecule has 1 heterocycles. The van der Waals surface area contributed by atoms with Crippen LogP contribution in [0.25, 0.3) is 10.9 Å². The van der Waals surface area contributed by atoms with E-state index >= 15 is 0 Å². The summed E-state index contributed by atoms with van der Waals surface area (Å²) in [4.78, 5) is 16.9. The van der Waals surface area contributed by atoms with E-state index in [0.29, 0.717) is 27.4 Å². The zero-order chi connectivity index (χ0) is 19.6. The molecule has 0 N–H and O–H groups in total. The van der Waals surface area contributed by atoms with Crippen LogP contribution in [0.1, 0.15) is 11.3 Å². The van der Waals surface area contributed by atoms with E-state index in [1.807, 2.05) is 19.1 Å². The number of nitrogens with zero attached hydrogens (tertiary/aromatic N) is 1. The van der Waals surface area contributed by atoms with E-state index in [4.69, 9.17) is 37.4 Å². The van der Waals surface area contributed by atoms with Crippen molar-refractivity contribution >= 4 is 40.1 Å². The van der Waals surface area contributed by atoms with Gasteiger partial charge in [0.2, 0.25) is 0 Å². The van der Waals surface area contributed by atoms with Crippen LogP contribution in [0.2, 0.25) is 10.0 Å².